The number of sulfonamides is 2. The summed E-state index contributed by atoms with van der Waals surface area (Å²) in [5.41, 5.74) is 0.643. The first-order valence-electron chi connectivity index (χ1n) is 10.5. The minimum absolute atomic E-state index is 0.0371. The van der Waals surface area contributed by atoms with Crippen LogP contribution in [0.3, 0.4) is 0 Å². The molecule has 0 bridgehead atoms. The van der Waals surface area contributed by atoms with Crippen LogP contribution in [0.15, 0.2) is 58.3 Å². The average molecular weight is 497 g/mol. The molecule has 0 radical (unpaired) electrons. The van der Waals surface area contributed by atoms with Crippen molar-refractivity contribution in [3.63, 3.8) is 0 Å². The maximum absolute atomic E-state index is 13.4. The van der Waals surface area contributed by atoms with Gasteiger partial charge >= 0.3 is 0 Å². The molecule has 2 fully saturated rings. The first-order chi connectivity index (χ1) is 15.6. The Morgan fingerprint density at radius 2 is 1.45 bits per heavy atom. The molecule has 2 aromatic carbocycles. The van der Waals surface area contributed by atoms with Gasteiger partial charge in [-0.15, -0.1) is 0 Å². The molecule has 1 aliphatic heterocycles. The van der Waals surface area contributed by atoms with E-state index >= 15 is 0 Å². The minimum Gasteiger partial charge on any atom is -0.352 e. The predicted octanol–water partition coefficient (Wildman–Crippen LogP) is 0.799. The molecule has 1 heterocycles. The van der Waals surface area contributed by atoms with Gasteiger partial charge in [-0.2, -0.15) is 4.31 Å². The van der Waals surface area contributed by atoms with Gasteiger partial charge in [-0.3, -0.25) is 9.69 Å². The van der Waals surface area contributed by atoms with Gasteiger partial charge in [-0.25, -0.2) is 26.4 Å². The molecule has 1 unspecified atom stereocenters. The van der Waals surface area contributed by atoms with Gasteiger partial charge in [-0.05, 0) is 54.8 Å². The van der Waals surface area contributed by atoms with Crippen molar-refractivity contribution in [1.29, 1.82) is 0 Å². The topological polar surface area (TPSA) is 130 Å². The van der Waals surface area contributed by atoms with Crippen LogP contribution < -0.4 is 10.5 Å². The molecule has 2 aromatic rings. The average Bonchev–Trinajstić information content (AvgIpc) is 3.59. The highest BCUT2D eigenvalue weighted by molar-refractivity contribution is 7.89. The van der Waals surface area contributed by atoms with E-state index in [0.717, 1.165) is 25.0 Å². The quantitative estimate of drug-likeness (QED) is 0.583. The summed E-state index contributed by atoms with van der Waals surface area (Å²) in [7, 11) is -7.78. The number of nitrogens with two attached hydrogens (primary N) is 1. The van der Waals surface area contributed by atoms with Crippen molar-refractivity contribution < 1.29 is 26.0 Å². The van der Waals surface area contributed by atoms with Crippen molar-refractivity contribution in [1.82, 2.24) is 14.5 Å². The highest BCUT2D eigenvalue weighted by Crippen LogP contribution is 2.27. The van der Waals surface area contributed by atoms with Crippen molar-refractivity contribution in [2.75, 3.05) is 26.2 Å². The summed E-state index contributed by atoms with van der Waals surface area (Å²) >= 11 is 0. The number of rotatable bonds is 7. The normalized spacial score (nSPS) is 19.2. The summed E-state index contributed by atoms with van der Waals surface area (Å²) in [6.45, 7) is 0.893. The summed E-state index contributed by atoms with van der Waals surface area (Å²) in [4.78, 5) is 14.6. The Morgan fingerprint density at radius 1 is 0.909 bits per heavy atom. The van der Waals surface area contributed by atoms with Crippen LogP contribution in [0, 0.1) is 5.82 Å². The van der Waals surface area contributed by atoms with Gasteiger partial charge < -0.3 is 5.32 Å². The second-order valence-corrected chi connectivity index (χ2v) is 11.7. The Bertz CT molecular complexity index is 1220. The number of carbonyl (C=O) groups excluding carboxylic acids is 1. The monoisotopic (exact) mass is 496 g/mol. The number of amides is 1. The molecule has 0 aromatic heterocycles. The van der Waals surface area contributed by atoms with E-state index in [1.54, 1.807) is 12.1 Å². The number of nitrogens with zero attached hydrogens (tertiary/aromatic N) is 2. The number of benzene rings is 2. The Kier molecular flexibility index (Phi) is 6.56. The van der Waals surface area contributed by atoms with Gasteiger partial charge in [0.15, 0.2) is 0 Å². The fraction of sp³-hybridized carbons (Fsp3) is 0.381. The molecule has 12 heteroatoms. The number of hydrogen-bond donors (Lipinski definition) is 2. The van der Waals surface area contributed by atoms with Crippen molar-refractivity contribution in [2.45, 2.75) is 34.7 Å². The smallest absolute Gasteiger partial charge is 0.243 e. The Balaban J connectivity index is 1.49. The van der Waals surface area contributed by atoms with Crippen molar-refractivity contribution in [2.24, 2.45) is 5.14 Å². The third kappa shape index (κ3) is 5.41. The molecule has 1 amide bonds. The lowest BCUT2D eigenvalue weighted by Crippen LogP contribution is -2.52. The van der Waals surface area contributed by atoms with E-state index in [1.165, 1.54) is 28.6 Å². The summed E-state index contributed by atoms with van der Waals surface area (Å²) in [5.74, 6) is -0.580. The molecule has 1 atom stereocenters. The Labute approximate surface area is 192 Å². The van der Waals surface area contributed by atoms with Crippen LogP contribution in [0.2, 0.25) is 0 Å². The molecule has 4 rings (SSSR count). The lowest BCUT2D eigenvalue weighted by molar-refractivity contribution is -0.127. The Hall–Kier alpha value is -2.38. The first kappa shape index (κ1) is 23.8. The van der Waals surface area contributed by atoms with Gasteiger partial charge in [-0.1, -0.05) is 12.1 Å². The van der Waals surface area contributed by atoms with Gasteiger partial charge in [0.05, 0.1) is 9.79 Å². The zero-order valence-corrected chi connectivity index (χ0v) is 19.4. The summed E-state index contributed by atoms with van der Waals surface area (Å²) in [6, 6.07) is 10.0. The van der Waals surface area contributed by atoms with E-state index in [2.05, 4.69) is 5.32 Å². The number of nitrogens with one attached hydrogen (secondary N) is 1. The maximum Gasteiger partial charge on any atom is 0.243 e. The van der Waals surface area contributed by atoms with Crippen LogP contribution in [-0.4, -0.2) is 64.2 Å². The van der Waals surface area contributed by atoms with Gasteiger partial charge in [0.1, 0.15) is 11.9 Å². The molecular formula is C21H25FN4O5S2. The third-order valence-corrected chi connectivity index (χ3v) is 8.63. The third-order valence-electron chi connectivity index (χ3n) is 5.79. The van der Waals surface area contributed by atoms with E-state index in [4.69, 9.17) is 5.14 Å². The summed E-state index contributed by atoms with van der Waals surface area (Å²) < 4.78 is 63.6. The zero-order chi connectivity index (χ0) is 23.8. The lowest BCUT2D eigenvalue weighted by atomic mass is 10.0. The molecule has 2 aliphatic rings. The Morgan fingerprint density at radius 3 is 1.97 bits per heavy atom. The second kappa shape index (κ2) is 9.11. The number of piperazine rings is 1. The first-order valence-corrected chi connectivity index (χ1v) is 13.5. The summed E-state index contributed by atoms with van der Waals surface area (Å²) in [5, 5.41) is 8.05. The standard InChI is InChI=1S/C21H25FN4O5S2/c22-16-3-1-15(2-4-16)20(21(27)24-17-5-6-17)25-11-13-26(14-12-25)33(30,31)19-9-7-18(8-10-19)32(23,28)29/h1-4,7-10,17,20H,5-6,11-14H2,(H,24,27)(H2,23,28,29). The van der Waals surface area contributed by atoms with E-state index in [-0.39, 0.29) is 34.8 Å². The fourth-order valence-electron chi connectivity index (χ4n) is 3.83. The highest BCUT2D eigenvalue weighted by atomic mass is 32.2. The highest BCUT2D eigenvalue weighted by Gasteiger charge is 2.36. The van der Waals surface area contributed by atoms with Crippen LogP contribution in [0.4, 0.5) is 4.39 Å². The number of hydrogen-bond acceptors (Lipinski definition) is 6. The van der Waals surface area contributed by atoms with Crippen LogP contribution >= 0.6 is 0 Å². The van der Waals surface area contributed by atoms with Crippen molar-refractivity contribution in [3.8, 4) is 0 Å². The van der Waals surface area contributed by atoms with E-state index in [0.29, 0.717) is 18.7 Å². The molecular weight excluding hydrogens is 471 g/mol. The van der Waals surface area contributed by atoms with Gasteiger partial charge in [0, 0.05) is 32.2 Å². The largest absolute Gasteiger partial charge is 0.352 e. The fourth-order valence-corrected chi connectivity index (χ4v) is 5.77. The van der Waals surface area contributed by atoms with Gasteiger partial charge in [0.2, 0.25) is 26.0 Å². The van der Waals surface area contributed by atoms with Gasteiger partial charge in [0.25, 0.3) is 0 Å². The molecule has 0 spiro atoms. The van der Waals surface area contributed by atoms with Crippen LogP contribution in [-0.2, 0) is 24.8 Å². The molecule has 1 aliphatic carbocycles. The molecule has 1 saturated carbocycles. The lowest BCUT2D eigenvalue weighted by Gasteiger charge is -2.38. The number of primary sulfonamides is 1. The SMILES string of the molecule is NS(=O)(=O)c1ccc(S(=O)(=O)N2CCN(C(C(=O)NC3CC3)c3ccc(F)cc3)CC2)cc1. The predicted molar refractivity (Wildman–Crippen MR) is 118 cm³/mol. The van der Waals surface area contributed by atoms with Crippen LogP contribution in [0.25, 0.3) is 0 Å². The second-order valence-electron chi connectivity index (χ2n) is 8.19. The van der Waals surface area contributed by atoms with Crippen molar-refractivity contribution >= 4 is 26.0 Å². The number of halogens is 1. The van der Waals surface area contributed by atoms with Crippen LogP contribution in [0.5, 0.6) is 0 Å². The maximum atomic E-state index is 13.4. The van der Waals surface area contributed by atoms with Crippen molar-refractivity contribution in [3.05, 3.63) is 59.9 Å². The molecule has 1 saturated heterocycles. The van der Waals surface area contributed by atoms with E-state index in [9.17, 15) is 26.0 Å². The zero-order valence-electron chi connectivity index (χ0n) is 17.7. The molecule has 178 valence electrons. The molecule has 33 heavy (non-hydrogen) atoms. The number of carbonyl (C=O) groups is 1. The molecule has 3 N–H and O–H groups in total. The van der Waals surface area contributed by atoms with E-state index in [1.807, 2.05) is 4.90 Å². The molecule has 9 nitrogen and oxygen atoms in total. The summed E-state index contributed by atoms with van der Waals surface area (Å²) in [6.07, 6.45) is 1.86. The van der Waals surface area contributed by atoms with Crippen LogP contribution in [0.1, 0.15) is 24.4 Å². The van der Waals surface area contributed by atoms with E-state index < -0.39 is 31.9 Å². The minimum atomic E-state index is -3.92.